The third kappa shape index (κ3) is 5.50. The van der Waals surface area contributed by atoms with Crippen LogP contribution in [0.5, 0.6) is 11.5 Å². The van der Waals surface area contributed by atoms with Gasteiger partial charge in [-0.25, -0.2) is 0 Å². The summed E-state index contributed by atoms with van der Waals surface area (Å²) in [7, 11) is 1.64. The molecule has 4 heteroatoms. The lowest BCUT2D eigenvalue weighted by Crippen LogP contribution is -2.39. The van der Waals surface area contributed by atoms with Crippen LogP contribution in [-0.2, 0) is 13.0 Å². The van der Waals surface area contributed by atoms with Crippen molar-refractivity contribution in [3.63, 3.8) is 0 Å². The minimum absolute atomic E-state index is 0.0858. The summed E-state index contributed by atoms with van der Waals surface area (Å²) in [4.78, 5) is 15.2. The topological polar surface area (TPSA) is 38.8 Å². The van der Waals surface area contributed by atoms with Gasteiger partial charge in [0.1, 0.15) is 18.1 Å². The molecule has 3 aromatic rings. The van der Waals surface area contributed by atoms with E-state index in [9.17, 15) is 4.79 Å². The molecule has 0 aromatic heterocycles. The van der Waals surface area contributed by atoms with Crippen LogP contribution >= 0.6 is 0 Å². The van der Waals surface area contributed by atoms with E-state index in [0.29, 0.717) is 18.1 Å². The van der Waals surface area contributed by atoms with Crippen LogP contribution in [0, 0.1) is 12.8 Å². The Labute approximate surface area is 190 Å². The fourth-order valence-electron chi connectivity index (χ4n) is 4.36. The van der Waals surface area contributed by atoms with Crippen LogP contribution < -0.4 is 9.47 Å². The van der Waals surface area contributed by atoms with Crippen LogP contribution in [0.3, 0.4) is 0 Å². The van der Waals surface area contributed by atoms with Gasteiger partial charge in [0.25, 0.3) is 5.91 Å². The first-order chi connectivity index (χ1) is 15.6. The molecule has 4 rings (SSSR count). The quantitative estimate of drug-likeness (QED) is 0.485. The van der Waals surface area contributed by atoms with Gasteiger partial charge in [0.15, 0.2) is 0 Å². The van der Waals surface area contributed by atoms with Gasteiger partial charge in [0, 0.05) is 24.2 Å². The maximum absolute atomic E-state index is 13.2. The molecule has 166 valence electrons. The molecule has 0 bridgehead atoms. The number of nitrogens with zero attached hydrogens (tertiary/aromatic N) is 1. The smallest absolute Gasteiger partial charge is 0.253 e. The Hall–Kier alpha value is -3.27. The molecule has 1 heterocycles. The molecule has 0 saturated carbocycles. The fourth-order valence-corrected chi connectivity index (χ4v) is 4.36. The maximum Gasteiger partial charge on any atom is 0.253 e. The van der Waals surface area contributed by atoms with Crippen molar-refractivity contribution in [2.24, 2.45) is 5.92 Å². The van der Waals surface area contributed by atoms with E-state index in [1.54, 1.807) is 7.11 Å². The van der Waals surface area contributed by atoms with Gasteiger partial charge in [-0.3, -0.25) is 4.79 Å². The summed E-state index contributed by atoms with van der Waals surface area (Å²) in [6.07, 6.45) is 3.17. The molecule has 1 aliphatic rings. The summed E-state index contributed by atoms with van der Waals surface area (Å²) < 4.78 is 11.5. The molecule has 1 aliphatic heterocycles. The lowest BCUT2D eigenvalue weighted by Gasteiger charge is -2.32. The Bertz CT molecular complexity index is 1040. The zero-order valence-corrected chi connectivity index (χ0v) is 18.9. The van der Waals surface area contributed by atoms with E-state index in [4.69, 9.17) is 9.47 Å². The Kier molecular flexibility index (Phi) is 7.10. The van der Waals surface area contributed by atoms with Gasteiger partial charge < -0.3 is 14.4 Å². The van der Waals surface area contributed by atoms with Crippen molar-refractivity contribution >= 4 is 5.91 Å². The monoisotopic (exact) mass is 429 g/mol. The van der Waals surface area contributed by atoms with Crippen molar-refractivity contribution in [1.29, 1.82) is 0 Å². The van der Waals surface area contributed by atoms with Crippen LogP contribution in [-0.4, -0.2) is 31.0 Å². The molecule has 1 fully saturated rings. The molecular formula is C28H31NO3. The molecule has 0 unspecified atom stereocenters. The molecule has 3 aromatic carbocycles. The van der Waals surface area contributed by atoms with Gasteiger partial charge in [0.2, 0.25) is 0 Å². The molecule has 0 N–H and O–H groups in total. The Morgan fingerprint density at radius 2 is 1.75 bits per heavy atom. The average molecular weight is 430 g/mol. The second kappa shape index (κ2) is 10.4. The standard InChI is InChI=1S/C28H31NO3/c1-21-7-6-10-26(17-21)32-20-25-19-24(11-12-27(25)31-2)28(30)29-15-13-23(14-16-29)18-22-8-4-3-5-9-22/h3-12,17,19,23H,13-16,18,20H2,1-2H3. The number of hydrogen-bond acceptors (Lipinski definition) is 3. The normalized spacial score (nSPS) is 14.2. The van der Waals surface area contributed by atoms with E-state index in [1.807, 2.05) is 54.3 Å². The highest BCUT2D eigenvalue weighted by atomic mass is 16.5. The SMILES string of the molecule is COc1ccc(C(=O)N2CCC(Cc3ccccc3)CC2)cc1COc1cccc(C)c1. The highest BCUT2D eigenvalue weighted by Gasteiger charge is 2.24. The molecule has 0 radical (unpaired) electrons. The highest BCUT2D eigenvalue weighted by Crippen LogP contribution is 2.26. The lowest BCUT2D eigenvalue weighted by molar-refractivity contribution is 0.0690. The van der Waals surface area contributed by atoms with Crippen LogP contribution in [0.4, 0.5) is 0 Å². The molecule has 1 amide bonds. The number of ether oxygens (including phenoxy) is 2. The maximum atomic E-state index is 13.2. The first-order valence-corrected chi connectivity index (χ1v) is 11.3. The number of piperidine rings is 1. The Morgan fingerprint density at radius 1 is 0.969 bits per heavy atom. The van der Waals surface area contributed by atoms with E-state index >= 15 is 0 Å². The third-order valence-electron chi connectivity index (χ3n) is 6.18. The van der Waals surface area contributed by atoms with E-state index in [2.05, 4.69) is 30.3 Å². The Balaban J connectivity index is 1.38. The van der Waals surface area contributed by atoms with Gasteiger partial charge >= 0.3 is 0 Å². The molecule has 4 nitrogen and oxygen atoms in total. The molecular weight excluding hydrogens is 398 g/mol. The first-order valence-electron chi connectivity index (χ1n) is 11.3. The zero-order valence-electron chi connectivity index (χ0n) is 18.9. The number of hydrogen-bond donors (Lipinski definition) is 0. The number of amides is 1. The van der Waals surface area contributed by atoms with Crippen molar-refractivity contribution in [2.45, 2.75) is 32.8 Å². The summed E-state index contributed by atoms with van der Waals surface area (Å²) >= 11 is 0. The van der Waals surface area contributed by atoms with Gasteiger partial charge in [-0.2, -0.15) is 0 Å². The number of carbonyl (C=O) groups is 1. The van der Waals surface area contributed by atoms with Crippen molar-refractivity contribution in [1.82, 2.24) is 4.90 Å². The summed E-state index contributed by atoms with van der Waals surface area (Å²) in [5, 5.41) is 0. The molecule has 32 heavy (non-hydrogen) atoms. The van der Waals surface area contributed by atoms with Crippen LogP contribution in [0.1, 0.15) is 39.9 Å². The number of aryl methyl sites for hydroxylation is 1. The van der Waals surface area contributed by atoms with Gasteiger partial charge in [-0.05, 0) is 73.6 Å². The second-order valence-corrected chi connectivity index (χ2v) is 8.56. The molecule has 0 atom stereocenters. The van der Waals surface area contributed by atoms with Crippen LogP contribution in [0.2, 0.25) is 0 Å². The number of benzene rings is 3. The second-order valence-electron chi connectivity index (χ2n) is 8.56. The Morgan fingerprint density at radius 3 is 2.47 bits per heavy atom. The number of likely N-dealkylation sites (tertiary alicyclic amines) is 1. The van der Waals surface area contributed by atoms with E-state index in [1.165, 1.54) is 5.56 Å². The van der Waals surface area contributed by atoms with Crippen LogP contribution in [0.25, 0.3) is 0 Å². The first kappa shape index (κ1) is 21.9. The predicted octanol–water partition coefficient (Wildman–Crippen LogP) is 5.68. The summed E-state index contributed by atoms with van der Waals surface area (Å²) in [5.41, 5.74) is 4.09. The predicted molar refractivity (Wildman–Crippen MR) is 127 cm³/mol. The minimum Gasteiger partial charge on any atom is -0.496 e. The highest BCUT2D eigenvalue weighted by molar-refractivity contribution is 5.94. The summed E-state index contributed by atoms with van der Waals surface area (Å²) in [5.74, 6) is 2.26. The van der Waals surface area contributed by atoms with Gasteiger partial charge in [-0.1, -0.05) is 42.5 Å². The molecule has 0 spiro atoms. The van der Waals surface area contributed by atoms with Crippen molar-refractivity contribution in [2.75, 3.05) is 20.2 Å². The van der Waals surface area contributed by atoms with E-state index < -0.39 is 0 Å². The van der Waals surface area contributed by atoms with E-state index in [0.717, 1.165) is 55.0 Å². The van der Waals surface area contributed by atoms with Crippen molar-refractivity contribution < 1.29 is 14.3 Å². The molecule has 1 saturated heterocycles. The van der Waals surface area contributed by atoms with Crippen molar-refractivity contribution in [3.05, 3.63) is 95.1 Å². The number of rotatable bonds is 7. The summed E-state index contributed by atoms with van der Waals surface area (Å²) in [6.45, 7) is 4.00. The fraction of sp³-hybridized carbons (Fsp3) is 0.321. The van der Waals surface area contributed by atoms with Crippen molar-refractivity contribution in [3.8, 4) is 11.5 Å². The largest absolute Gasteiger partial charge is 0.496 e. The van der Waals surface area contributed by atoms with E-state index in [-0.39, 0.29) is 5.91 Å². The van der Waals surface area contributed by atoms with Crippen LogP contribution in [0.15, 0.2) is 72.8 Å². The lowest BCUT2D eigenvalue weighted by atomic mass is 9.90. The summed E-state index contributed by atoms with van der Waals surface area (Å²) in [6, 6.07) is 24.2. The van der Waals surface area contributed by atoms with Gasteiger partial charge in [-0.15, -0.1) is 0 Å². The average Bonchev–Trinajstić information content (AvgIpc) is 2.83. The number of methoxy groups -OCH3 is 1. The van der Waals surface area contributed by atoms with Gasteiger partial charge in [0.05, 0.1) is 7.11 Å². The zero-order chi connectivity index (χ0) is 22.3. The molecule has 0 aliphatic carbocycles. The third-order valence-corrected chi connectivity index (χ3v) is 6.18. The number of carbonyl (C=O) groups excluding carboxylic acids is 1. The minimum atomic E-state index is 0.0858.